The molecule has 0 fully saturated rings. The molecule has 0 aliphatic rings. The summed E-state index contributed by atoms with van der Waals surface area (Å²) in [6, 6.07) is 27.3. The van der Waals surface area contributed by atoms with Gasteiger partial charge in [-0.1, -0.05) is 60.7 Å². The van der Waals surface area contributed by atoms with E-state index in [1.807, 2.05) is 98.0 Å². The molecular weight excluding hydrogens is 452 g/mol. The maximum atomic E-state index is 12.6. The third-order valence-corrected chi connectivity index (χ3v) is 5.89. The molecular formula is C30H26N2O4. The lowest BCUT2D eigenvalue weighted by molar-refractivity contribution is 0.0510. The first kappa shape index (κ1) is 23.2. The molecule has 0 spiro atoms. The standard InChI is InChI=1S/C30H26N2O4/c1-21-28(32-29(36-21)24-10-6-3-7-11-24)20-35-25-14-12-22(13-15-25)16-17-34-30(33)27-19-31-18-26(27)23-8-4-2-5-9-23/h2-15,18-19,31H,16-17,20H2,1H3. The van der Waals surface area contributed by atoms with Gasteiger partial charge in [-0.25, -0.2) is 9.78 Å². The summed E-state index contributed by atoms with van der Waals surface area (Å²) < 4.78 is 17.2. The second-order valence-corrected chi connectivity index (χ2v) is 8.36. The molecule has 0 aliphatic carbocycles. The van der Waals surface area contributed by atoms with Crippen LogP contribution in [0.15, 0.2) is 102 Å². The number of H-pyrrole nitrogens is 1. The van der Waals surface area contributed by atoms with Crippen LogP contribution in [0.3, 0.4) is 0 Å². The molecule has 5 rings (SSSR count). The van der Waals surface area contributed by atoms with Gasteiger partial charge in [0.1, 0.15) is 23.8 Å². The molecule has 36 heavy (non-hydrogen) atoms. The van der Waals surface area contributed by atoms with Crippen molar-refractivity contribution in [3.63, 3.8) is 0 Å². The molecule has 0 saturated carbocycles. The Bertz CT molecular complexity index is 1420. The van der Waals surface area contributed by atoms with Gasteiger partial charge in [0.05, 0.1) is 12.2 Å². The number of esters is 1. The Kier molecular flexibility index (Phi) is 6.94. The zero-order chi connectivity index (χ0) is 24.7. The monoisotopic (exact) mass is 478 g/mol. The van der Waals surface area contributed by atoms with E-state index in [0.717, 1.165) is 39.5 Å². The smallest absolute Gasteiger partial charge is 0.340 e. The van der Waals surface area contributed by atoms with Crippen LogP contribution < -0.4 is 4.74 Å². The van der Waals surface area contributed by atoms with Crippen molar-refractivity contribution in [1.82, 2.24) is 9.97 Å². The molecule has 0 unspecified atom stereocenters. The Morgan fingerprint density at radius 1 is 0.889 bits per heavy atom. The average molecular weight is 479 g/mol. The number of nitrogens with one attached hydrogen (secondary N) is 1. The van der Waals surface area contributed by atoms with Gasteiger partial charge < -0.3 is 18.9 Å². The second kappa shape index (κ2) is 10.8. The van der Waals surface area contributed by atoms with E-state index in [4.69, 9.17) is 13.9 Å². The summed E-state index contributed by atoms with van der Waals surface area (Å²) >= 11 is 0. The molecule has 0 bridgehead atoms. The maximum Gasteiger partial charge on any atom is 0.340 e. The first-order valence-electron chi connectivity index (χ1n) is 11.8. The number of benzene rings is 3. The Balaban J connectivity index is 1.12. The number of aromatic nitrogens is 2. The van der Waals surface area contributed by atoms with E-state index < -0.39 is 0 Å². The Morgan fingerprint density at radius 2 is 1.58 bits per heavy atom. The van der Waals surface area contributed by atoms with Gasteiger partial charge in [-0.2, -0.15) is 0 Å². The highest BCUT2D eigenvalue weighted by molar-refractivity contribution is 5.97. The highest BCUT2D eigenvalue weighted by atomic mass is 16.5. The molecule has 0 saturated heterocycles. The molecule has 1 N–H and O–H groups in total. The number of oxazole rings is 1. The number of rotatable bonds is 9. The van der Waals surface area contributed by atoms with Gasteiger partial charge in [0, 0.05) is 29.9 Å². The van der Waals surface area contributed by atoms with E-state index >= 15 is 0 Å². The molecule has 3 aromatic carbocycles. The number of hydrogen-bond acceptors (Lipinski definition) is 5. The lowest BCUT2D eigenvalue weighted by Gasteiger charge is -2.08. The molecule has 180 valence electrons. The lowest BCUT2D eigenvalue weighted by Crippen LogP contribution is -2.08. The van der Waals surface area contributed by atoms with Crippen molar-refractivity contribution in [2.75, 3.05) is 6.61 Å². The number of aryl methyl sites for hydroxylation is 1. The van der Waals surface area contributed by atoms with Crippen LogP contribution in [-0.4, -0.2) is 22.5 Å². The molecule has 2 aromatic heterocycles. The minimum Gasteiger partial charge on any atom is -0.487 e. The number of carbonyl (C=O) groups excluding carboxylic acids is 1. The van der Waals surface area contributed by atoms with Crippen LogP contribution in [0.5, 0.6) is 5.75 Å². The maximum absolute atomic E-state index is 12.6. The van der Waals surface area contributed by atoms with Gasteiger partial charge in [-0.15, -0.1) is 0 Å². The van der Waals surface area contributed by atoms with Crippen LogP contribution in [0.1, 0.15) is 27.4 Å². The molecule has 0 atom stereocenters. The minimum absolute atomic E-state index is 0.291. The van der Waals surface area contributed by atoms with Gasteiger partial charge >= 0.3 is 5.97 Å². The molecule has 6 heteroatoms. The summed E-state index contributed by atoms with van der Waals surface area (Å²) in [7, 11) is 0. The number of carbonyl (C=O) groups is 1. The largest absolute Gasteiger partial charge is 0.487 e. The summed E-state index contributed by atoms with van der Waals surface area (Å²) in [5.41, 5.74) is 5.09. The third kappa shape index (κ3) is 5.39. The van der Waals surface area contributed by atoms with Crippen molar-refractivity contribution < 1.29 is 18.7 Å². The number of nitrogens with zero attached hydrogens (tertiary/aromatic N) is 1. The summed E-state index contributed by atoms with van der Waals surface area (Å²) in [4.78, 5) is 20.2. The fraction of sp³-hybridized carbons (Fsp3) is 0.133. The van der Waals surface area contributed by atoms with E-state index in [-0.39, 0.29) is 5.97 Å². The van der Waals surface area contributed by atoms with Gasteiger partial charge in [-0.05, 0) is 42.3 Å². The minimum atomic E-state index is -0.340. The zero-order valence-corrected chi connectivity index (χ0v) is 19.9. The quantitative estimate of drug-likeness (QED) is 0.241. The average Bonchev–Trinajstić information content (AvgIpc) is 3.56. The van der Waals surface area contributed by atoms with Crippen LogP contribution in [0.2, 0.25) is 0 Å². The SMILES string of the molecule is Cc1oc(-c2ccccc2)nc1COc1ccc(CCOC(=O)c2c[nH]cc2-c2ccccc2)cc1. The lowest BCUT2D eigenvalue weighted by atomic mass is 10.1. The number of hydrogen-bond donors (Lipinski definition) is 1. The number of ether oxygens (including phenoxy) is 2. The van der Waals surface area contributed by atoms with Crippen molar-refractivity contribution >= 4 is 5.97 Å². The van der Waals surface area contributed by atoms with E-state index in [1.165, 1.54) is 0 Å². The Hall–Kier alpha value is -4.58. The summed E-state index contributed by atoms with van der Waals surface area (Å²) in [5, 5.41) is 0. The van der Waals surface area contributed by atoms with Crippen molar-refractivity contribution in [2.45, 2.75) is 20.0 Å². The van der Waals surface area contributed by atoms with Crippen LogP contribution in [-0.2, 0) is 17.8 Å². The van der Waals surface area contributed by atoms with Gasteiger partial charge in [-0.3, -0.25) is 0 Å². The highest BCUT2D eigenvalue weighted by Gasteiger charge is 2.15. The molecule has 0 amide bonds. The van der Waals surface area contributed by atoms with Crippen LogP contribution in [0.25, 0.3) is 22.6 Å². The fourth-order valence-corrected chi connectivity index (χ4v) is 3.90. The topological polar surface area (TPSA) is 77.4 Å². The van der Waals surface area contributed by atoms with E-state index in [1.54, 1.807) is 6.20 Å². The normalized spacial score (nSPS) is 10.8. The molecule has 0 radical (unpaired) electrons. The highest BCUT2D eigenvalue weighted by Crippen LogP contribution is 2.25. The fourth-order valence-electron chi connectivity index (χ4n) is 3.90. The van der Waals surface area contributed by atoms with Crippen molar-refractivity contribution in [1.29, 1.82) is 0 Å². The molecule has 0 aliphatic heterocycles. The van der Waals surface area contributed by atoms with Gasteiger partial charge in [0.25, 0.3) is 0 Å². The van der Waals surface area contributed by atoms with Gasteiger partial charge in [0.15, 0.2) is 0 Å². The summed E-state index contributed by atoms with van der Waals surface area (Å²) in [6.45, 7) is 2.50. The van der Waals surface area contributed by atoms with E-state index in [0.29, 0.717) is 31.1 Å². The Labute approximate surface area is 209 Å². The molecule has 6 nitrogen and oxygen atoms in total. The van der Waals surface area contributed by atoms with E-state index in [2.05, 4.69) is 9.97 Å². The van der Waals surface area contributed by atoms with Crippen molar-refractivity contribution in [2.24, 2.45) is 0 Å². The number of aromatic amines is 1. The molecule has 2 heterocycles. The van der Waals surface area contributed by atoms with E-state index in [9.17, 15) is 4.79 Å². The van der Waals surface area contributed by atoms with Crippen LogP contribution in [0, 0.1) is 6.92 Å². The van der Waals surface area contributed by atoms with Crippen LogP contribution in [0.4, 0.5) is 0 Å². The second-order valence-electron chi connectivity index (χ2n) is 8.36. The zero-order valence-electron chi connectivity index (χ0n) is 19.9. The van der Waals surface area contributed by atoms with Gasteiger partial charge in [0.2, 0.25) is 5.89 Å². The predicted octanol–water partition coefficient (Wildman–Crippen LogP) is 6.62. The predicted molar refractivity (Wildman–Crippen MR) is 138 cm³/mol. The van der Waals surface area contributed by atoms with Crippen LogP contribution >= 0.6 is 0 Å². The molecule has 5 aromatic rings. The summed E-state index contributed by atoms with van der Waals surface area (Å²) in [6.07, 6.45) is 4.10. The first-order chi connectivity index (χ1) is 17.7. The summed E-state index contributed by atoms with van der Waals surface area (Å²) in [5.74, 6) is 1.73. The third-order valence-electron chi connectivity index (χ3n) is 5.89. The van der Waals surface area contributed by atoms with Crippen molar-refractivity contribution in [3.05, 3.63) is 120 Å². The first-order valence-corrected chi connectivity index (χ1v) is 11.8. The van der Waals surface area contributed by atoms with Crippen molar-refractivity contribution in [3.8, 4) is 28.3 Å². The Morgan fingerprint density at radius 3 is 2.31 bits per heavy atom.